The number of benzene rings is 3. The van der Waals surface area contributed by atoms with Crippen LogP contribution in [0.25, 0.3) is 0 Å². The van der Waals surface area contributed by atoms with E-state index in [1.807, 2.05) is 43.3 Å². The molecule has 0 saturated carbocycles. The predicted octanol–water partition coefficient (Wildman–Crippen LogP) is 5.84. The molecule has 0 aliphatic heterocycles. The molecule has 1 N–H and O–H groups in total. The van der Waals surface area contributed by atoms with Crippen molar-refractivity contribution < 1.29 is 18.3 Å². The molecule has 1 atom stereocenters. The molecule has 0 heterocycles. The average molecular weight is 399 g/mol. The molecule has 0 radical (unpaired) electrons. The quantitative estimate of drug-likeness (QED) is 0.508. The SMILES string of the molecule is CCOc1ccccc1NC(=O)C(Sc1ccc(F)c(F)c1)c1ccccc1. The first-order valence-corrected chi connectivity index (χ1v) is 9.65. The molecular formula is C22H19F2NO2S. The van der Waals surface area contributed by atoms with Gasteiger partial charge in [-0.2, -0.15) is 0 Å². The van der Waals surface area contributed by atoms with Crippen molar-refractivity contribution in [2.45, 2.75) is 17.1 Å². The standard InChI is InChI=1S/C22H19F2NO2S/c1-2-27-20-11-7-6-10-19(20)25-22(26)21(15-8-4-3-5-9-15)28-16-12-13-17(23)18(24)14-16/h3-14,21H,2H2,1H3,(H,25,26). The summed E-state index contributed by atoms with van der Waals surface area (Å²) in [5.41, 5.74) is 1.31. The van der Waals surface area contributed by atoms with Crippen LogP contribution in [0.1, 0.15) is 17.7 Å². The van der Waals surface area contributed by atoms with Crippen LogP contribution in [0.5, 0.6) is 5.75 Å². The maximum atomic E-state index is 13.6. The van der Waals surface area contributed by atoms with Crippen LogP contribution in [0, 0.1) is 11.6 Å². The second-order valence-electron chi connectivity index (χ2n) is 5.90. The van der Waals surface area contributed by atoms with Crippen LogP contribution in [0.3, 0.4) is 0 Å². The second-order valence-corrected chi connectivity index (χ2v) is 7.08. The molecule has 6 heteroatoms. The highest BCUT2D eigenvalue weighted by atomic mass is 32.2. The minimum absolute atomic E-state index is 0.284. The second kappa shape index (κ2) is 9.37. The van der Waals surface area contributed by atoms with Crippen LogP contribution < -0.4 is 10.1 Å². The third-order valence-corrected chi connectivity index (χ3v) is 5.18. The highest BCUT2D eigenvalue weighted by Crippen LogP contribution is 2.37. The monoisotopic (exact) mass is 399 g/mol. The van der Waals surface area contributed by atoms with E-state index in [1.54, 1.807) is 18.2 Å². The first-order valence-electron chi connectivity index (χ1n) is 8.78. The summed E-state index contributed by atoms with van der Waals surface area (Å²) in [7, 11) is 0. The first kappa shape index (κ1) is 19.9. The lowest BCUT2D eigenvalue weighted by Crippen LogP contribution is -2.19. The summed E-state index contributed by atoms with van der Waals surface area (Å²) in [6.07, 6.45) is 0. The summed E-state index contributed by atoms with van der Waals surface area (Å²) in [5, 5.41) is 2.24. The van der Waals surface area contributed by atoms with Crippen molar-refractivity contribution in [1.82, 2.24) is 0 Å². The lowest BCUT2D eigenvalue weighted by molar-refractivity contribution is -0.115. The molecule has 3 rings (SSSR count). The largest absolute Gasteiger partial charge is 0.492 e. The summed E-state index contributed by atoms with van der Waals surface area (Å²) >= 11 is 1.15. The van der Waals surface area contributed by atoms with Gasteiger partial charge in [-0.05, 0) is 42.8 Å². The van der Waals surface area contributed by atoms with Gasteiger partial charge >= 0.3 is 0 Å². The first-order chi connectivity index (χ1) is 13.6. The molecule has 0 aliphatic carbocycles. The molecule has 0 bridgehead atoms. The van der Waals surface area contributed by atoms with Gasteiger partial charge in [0.1, 0.15) is 11.0 Å². The summed E-state index contributed by atoms with van der Waals surface area (Å²) in [6, 6.07) is 19.9. The molecule has 3 aromatic carbocycles. The van der Waals surface area contributed by atoms with Crippen LogP contribution in [-0.2, 0) is 4.79 Å². The molecule has 0 aromatic heterocycles. The van der Waals surface area contributed by atoms with E-state index in [-0.39, 0.29) is 5.91 Å². The third-order valence-electron chi connectivity index (χ3n) is 3.93. The summed E-state index contributed by atoms with van der Waals surface area (Å²) in [4.78, 5) is 13.5. The lowest BCUT2D eigenvalue weighted by atomic mass is 10.1. The number of thioether (sulfide) groups is 1. The average Bonchev–Trinajstić information content (AvgIpc) is 2.71. The number of carbonyl (C=O) groups excluding carboxylic acids is 1. The molecule has 1 unspecified atom stereocenters. The van der Waals surface area contributed by atoms with Crippen LogP contribution >= 0.6 is 11.8 Å². The number of halogens is 2. The molecule has 3 nitrogen and oxygen atoms in total. The Morgan fingerprint density at radius 1 is 1.00 bits per heavy atom. The fourth-order valence-corrected chi connectivity index (χ4v) is 3.69. The molecular weight excluding hydrogens is 380 g/mol. The number of carbonyl (C=O) groups is 1. The molecule has 0 saturated heterocycles. The van der Waals surface area contributed by atoms with E-state index < -0.39 is 16.9 Å². The van der Waals surface area contributed by atoms with E-state index in [4.69, 9.17) is 4.74 Å². The van der Waals surface area contributed by atoms with Gasteiger partial charge in [-0.1, -0.05) is 42.5 Å². The van der Waals surface area contributed by atoms with Crippen molar-refractivity contribution in [3.05, 3.63) is 90.0 Å². The van der Waals surface area contributed by atoms with Gasteiger partial charge in [0.15, 0.2) is 11.6 Å². The van der Waals surface area contributed by atoms with E-state index in [2.05, 4.69) is 5.32 Å². The van der Waals surface area contributed by atoms with E-state index in [9.17, 15) is 13.6 Å². The number of rotatable bonds is 7. The van der Waals surface area contributed by atoms with Crippen molar-refractivity contribution in [3.8, 4) is 5.75 Å². The molecule has 0 spiro atoms. The molecule has 3 aromatic rings. The van der Waals surface area contributed by atoms with Crippen molar-refractivity contribution in [2.75, 3.05) is 11.9 Å². The highest BCUT2D eigenvalue weighted by Gasteiger charge is 2.23. The minimum Gasteiger partial charge on any atom is -0.492 e. The summed E-state index contributed by atoms with van der Waals surface area (Å²) < 4.78 is 32.4. The third kappa shape index (κ3) is 4.89. The fraction of sp³-hybridized carbons (Fsp3) is 0.136. The van der Waals surface area contributed by atoms with Crippen molar-refractivity contribution in [1.29, 1.82) is 0 Å². The van der Waals surface area contributed by atoms with Gasteiger partial charge in [-0.3, -0.25) is 4.79 Å². The Kier molecular flexibility index (Phi) is 6.66. The molecule has 1 amide bonds. The summed E-state index contributed by atoms with van der Waals surface area (Å²) in [6.45, 7) is 2.34. The number of hydrogen-bond acceptors (Lipinski definition) is 3. The van der Waals surface area contributed by atoms with Crippen LogP contribution in [0.4, 0.5) is 14.5 Å². The predicted molar refractivity (Wildman–Crippen MR) is 108 cm³/mol. The number of ether oxygens (including phenoxy) is 1. The molecule has 0 fully saturated rings. The zero-order valence-corrected chi connectivity index (χ0v) is 16.0. The van der Waals surface area contributed by atoms with Gasteiger partial charge in [0.2, 0.25) is 5.91 Å². The van der Waals surface area contributed by atoms with E-state index in [0.717, 1.165) is 29.5 Å². The Hall–Kier alpha value is -2.86. The zero-order valence-electron chi connectivity index (χ0n) is 15.2. The van der Waals surface area contributed by atoms with Gasteiger partial charge in [0.05, 0.1) is 12.3 Å². The van der Waals surface area contributed by atoms with E-state index >= 15 is 0 Å². The number of nitrogens with one attached hydrogen (secondary N) is 1. The zero-order chi connectivity index (χ0) is 19.9. The van der Waals surface area contributed by atoms with Crippen molar-refractivity contribution in [2.24, 2.45) is 0 Å². The van der Waals surface area contributed by atoms with Gasteiger partial charge in [-0.25, -0.2) is 8.78 Å². The Morgan fingerprint density at radius 3 is 2.43 bits per heavy atom. The van der Waals surface area contributed by atoms with Crippen LogP contribution in [0.15, 0.2) is 77.7 Å². The fourth-order valence-electron chi connectivity index (χ4n) is 2.64. The van der Waals surface area contributed by atoms with E-state index in [0.29, 0.717) is 22.9 Å². The molecule has 28 heavy (non-hydrogen) atoms. The molecule has 0 aliphatic rings. The number of amides is 1. The van der Waals surface area contributed by atoms with Gasteiger partial charge < -0.3 is 10.1 Å². The number of para-hydroxylation sites is 2. The number of anilines is 1. The van der Waals surface area contributed by atoms with Gasteiger partial charge in [0.25, 0.3) is 0 Å². The minimum atomic E-state index is -0.945. The van der Waals surface area contributed by atoms with Crippen molar-refractivity contribution in [3.63, 3.8) is 0 Å². The van der Waals surface area contributed by atoms with Gasteiger partial charge in [0, 0.05) is 4.90 Å². The Bertz CT molecular complexity index is 950. The van der Waals surface area contributed by atoms with Gasteiger partial charge in [-0.15, -0.1) is 11.8 Å². The normalized spacial score (nSPS) is 11.7. The number of hydrogen-bond donors (Lipinski definition) is 1. The van der Waals surface area contributed by atoms with E-state index in [1.165, 1.54) is 6.07 Å². The highest BCUT2D eigenvalue weighted by molar-refractivity contribution is 8.00. The van der Waals surface area contributed by atoms with Crippen LogP contribution in [0.2, 0.25) is 0 Å². The Morgan fingerprint density at radius 2 is 1.71 bits per heavy atom. The smallest absolute Gasteiger partial charge is 0.242 e. The maximum Gasteiger partial charge on any atom is 0.242 e. The summed E-state index contributed by atoms with van der Waals surface area (Å²) in [5.74, 6) is -1.58. The maximum absolute atomic E-state index is 13.6. The Labute approximate surface area is 166 Å². The molecule has 144 valence electrons. The topological polar surface area (TPSA) is 38.3 Å². The van der Waals surface area contributed by atoms with Crippen LogP contribution in [-0.4, -0.2) is 12.5 Å². The lowest BCUT2D eigenvalue weighted by Gasteiger charge is -2.18. The van der Waals surface area contributed by atoms with Crippen molar-refractivity contribution >= 4 is 23.4 Å². The Balaban J connectivity index is 1.88.